The van der Waals surface area contributed by atoms with Crippen molar-refractivity contribution in [2.45, 2.75) is 19.8 Å². The van der Waals surface area contributed by atoms with Gasteiger partial charge >= 0.3 is 0 Å². The van der Waals surface area contributed by atoms with Gasteiger partial charge in [-0.05, 0) is 30.7 Å². The minimum Gasteiger partial charge on any atom is -0.149 e. The molecule has 0 aromatic carbocycles. The second-order valence-corrected chi connectivity index (χ2v) is 3.06. The minimum absolute atomic E-state index is 1.21. The highest BCUT2D eigenvalue weighted by Gasteiger charge is 1.89. The third-order valence-electron chi connectivity index (χ3n) is 1.26. The van der Waals surface area contributed by atoms with Crippen molar-refractivity contribution in [1.29, 1.82) is 0 Å². The molecule has 9 heavy (non-hydrogen) atoms. The molecule has 0 aliphatic carbocycles. The summed E-state index contributed by atoms with van der Waals surface area (Å²) in [7, 11) is 0. The lowest BCUT2D eigenvalue weighted by Gasteiger charge is -1.90. The molecule has 0 bridgehead atoms. The maximum absolute atomic E-state index is 2.21. The van der Waals surface area contributed by atoms with Crippen LogP contribution in [0.1, 0.15) is 18.2 Å². The van der Waals surface area contributed by atoms with Crippen molar-refractivity contribution < 1.29 is 0 Å². The van der Waals surface area contributed by atoms with Gasteiger partial charge in [0.15, 0.2) is 0 Å². The topological polar surface area (TPSA) is 0 Å². The molecule has 0 saturated heterocycles. The van der Waals surface area contributed by atoms with E-state index >= 15 is 0 Å². The molecule has 0 atom stereocenters. The number of hydrogen-bond donors (Lipinski definition) is 0. The van der Waals surface area contributed by atoms with Gasteiger partial charge in [-0.25, -0.2) is 0 Å². The zero-order valence-electron chi connectivity index (χ0n) is 5.63. The third kappa shape index (κ3) is 2.19. The summed E-state index contributed by atoms with van der Waals surface area (Å²) >= 11 is 1.84. The fraction of sp³-hybridized carbons (Fsp3) is 0.375. The van der Waals surface area contributed by atoms with Gasteiger partial charge in [-0.3, -0.25) is 0 Å². The lowest BCUT2D eigenvalue weighted by atomic mass is 10.2. The van der Waals surface area contributed by atoms with Gasteiger partial charge in [-0.1, -0.05) is 13.0 Å². The Morgan fingerprint density at radius 2 is 2.56 bits per heavy atom. The molecule has 49 valence electrons. The van der Waals surface area contributed by atoms with Gasteiger partial charge in [0.05, 0.1) is 0 Å². The van der Waals surface area contributed by atoms with E-state index in [9.17, 15) is 0 Å². The monoisotopic (exact) mass is 139 g/mol. The fourth-order valence-corrected chi connectivity index (χ4v) is 1.47. The van der Waals surface area contributed by atoms with Crippen LogP contribution < -0.4 is 0 Å². The number of rotatable bonds is 3. The van der Waals surface area contributed by atoms with Crippen LogP contribution in [0.25, 0.3) is 0 Å². The molecule has 1 aromatic heterocycles. The van der Waals surface area contributed by atoms with E-state index in [2.05, 4.69) is 30.9 Å². The van der Waals surface area contributed by atoms with Crippen molar-refractivity contribution in [3.63, 3.8) is 0 Å². The van der Waals surface area contributed by atoms with Crippen LogP contribution in [0, 0.1) is 6.42 Å². The Hall–Kier alpha value is -0.300. The van der Waals surface area contributed by atoms with E-state index in [-0.39, 0.29) is 0 Å². The lowest BCUT2D eigenvalue weighted by molar-refractivity contribution is 0.955. The van der Waals surface area contributed by atoms with Crippen molar-refractivity contribution in [2.24, 2.45) is 0 Å². The van der Waals surface area contributed by atoms with E-state index in [1.54, 1.807) is 0 Å². The Kier molecular flexibility index (Phi) is 2.78. The van der Waals surface area contributed by atoms with Gasteiger partial charge in [-0.15, -0.1) is 11.3 Å². The van der Waals surface area contributed by atoms with E-state index < -0.39 is 0 Å². The zero-order chi connectivity index (χ0) is 6.53. The van der Waals surface area contributed by atoms with E-state index in [0.717, 1.165) is 0 Å². The first-order valence-electron chi connectivity index (χ1n) is 3.23. The molecule has 1 heterocycles. The molecule has 0 fully saturated rings. The van der Waals surface area contributed by atoms with Crippen LogP contribution >= 0.6 is 11.3 Å². The van der Waals surface area contributed by atoms with Gasteiger partial charge in [0.2, 0.25) is 0 Å². The number of hydrogen-bond acceptors (Lipinski definition) is 1. The zero-order valence-corrected chi connectivity index (χ0v) is 6.45. The van der Waals surface area contributed by atoms with E-state index in [1.807, 2.05) is 11.3 Å². The summed E-state index contributed by atoms with van der Waals surface area (Å²) in [5, 5.41) is 2.13. The third-order valence-corrected chi connectivity index (χ3v) is 2.20. The van der Waals surface area contributed by atoms with Gasteiger partial charge < -0.3 is 0 Å². The Balaban J connectivity index is 2.30. The summed E-state index contributed by atoms with van der Waals surface area (Å²) < 4.78 is 0. The van der Waals surface area contributed by atoms with E-state index in [1.165, 1.54) is 17.7 Å². The molecule has 0 saturated carbocycles. The Bertz CT molecular complexity index is 142. The Morgan fingerprint density at radius 1 is 1.67 bits per heavy atom. The molecule has 0 aliphatic heterocycles. The normalized spacial score (nSPS) is 9.89. The van der Waals surface area contributed by atoms with E-state index in [4.69, 9.17) is 0 Å². The van der Waals surface area contributed by atoms with Crippen LogP contribution in [0.5, 0.6) is 0 Å². The maximum Gasteiger partial charge on any atom is 0.00453 e. The molecular formula is C8H11S. The maximum atomic E-state index is 2.21. The molecule has 0 unspecified atom stereocenters. The van der Waals surface area contributed by atoms with Crippen molar-refractivity contribution in [1.82, 2.24) is 0 Å². The smallest absolute Gasteiger partial charge is 0.00453 e. The Morgan fingerprint density at radius 3 is 3.11 bits per heavy atom. The van der Waals surface area contributed by atoms with Gasteiger partial charge in [-0.2, -0.15) is 0 Å². The second-order valence-electron chi connectivity index (χ2n) is 2.03. The summed E-state index contributed by atoms with van der Waals surface area (Å²) in [6.07, 6.45) is 4.63. The molecule has 1 heteroatoms. The predicted octanol–water partition coefficient (Wildman–Crippen LogP) is 2.90. The van der Waals surface area contributed by atoms with Crippen molar-refractivity contribution in [3.8, 4) is 0 Å². The quantitative estimate of drug-likeness (QED) is 0.604. The van der Waals surface area contributed by atoms with Crippen molar-refractivity contribution in [3.05, 3.63) is 28.8 Å². The number of aryl methyl sites for hydroxylation is 1. The molecule has 1 aromatic rings. The number of thiophene rings is 1. The molecule has 0 N–H and O–H groups in total. The summed E-state index contributed by atoms with van der Waals surface area (Å²) in [6, 6.07) is 4.30. The largest absolute Gasteiger partial charge is 0.149 e. The first kappa shape index (κ1) is 6.81. The first-order valence-corrected chi connectivity index (χ1v) is 4.11. The van der Waals surface area contributed by atoms with Crippen LogP contribution in [0.3, 0.4) is 0 Å². The highest BCUT2D eigenvalue weighted by Crippen LogP contribution is 2.10. The van der Waals surface area contributed by atoms with Crippen LogP contribution in [0.2, 0.25) is 0 Å². The van der Waals surface area contributed by atoms with E-state index in [0.29, 0.717) is 0 Å². The van der Waals surface area contributed by atoms with Gasteiger partial charge in [0.25, 0.3) is 0 Å². The van der Waals surface area contributed by atoms with Gasteiger partial charge in [0.1, 0.15) is 0 Å². The molecule has 0 nitrogen and oxygen atoms in total. The second kappa shape index (κ2) is 3.67. The summed E-state index contributed by atoms with van der Waals surface area (Å²) in [6.45, 7) is 2.10. The molecule has 1 rings (SSSR count). The standard InChI is InChI=1S/C8H11S/c1-2-3-5-8-6-4-7-9-8/h2,4,6-7H,3,5H2,1H3. The molecule has 0 aliphatic rings. The van der Waals surface area contributed by atoms with Crippen LogP contribution in [-0.2, 0) is 6.42 Å². The van der Waals surface area contributed by atoms with Crippen LogP contribution in [-0.4, -0.2) is 0 Å². The molecule has 1 radical (unpaired) electrons. The average molecular weight is 139 g/mol. The highest BCUT2D eigenvalue weighted by molar-refractivity contribution is 7.09. The van der Waals surface area contributed by atoms with Crippen LogP contribution in [0.15, 0.2) is 17.5 Å². The highest BCUT2D eigenvalue weighted by atomic mass is 32.1. The summed E-state index contributed by atoms with van der Waals surface area (Å²) in [4.78, 5) is 1.49. The van der Waals surface area contributed by atoms with Gasteiger partial charge in [0, 0.05) is 4.88 Å². The molecule has 0 spiro atoms. The predicted molar refractivity (Wildman–Crippen MR) is 42.6 cm³/mol. The van der Waals surface area contributed by atoms with Crippen LogP contribution in [0.4, 0.5) is 0 Å². The Labute approximate surface area is 60.5 Å². The SMILES string of the molecule is C[CH]CCc1cccs1. The lowest BCUT2D eigenvalue weighted by Crippen LogP contribution is -1.76. The summed E-state index contributed by atoms with van der Waals surface area (Å²) in [5.41, 5.74) is 0. The first-order chi connectivity index (χ1) is 4.43. The summed E-state index contributed by atoms with van der Waals surface area (Å²) in [5.74, 6) is 0. The molecule has 0 amide bonds. The minimum atomic E-state index is 1.21. The van der Waals surface area contributed by atoms with Crippen molar-refractivity contribution >= 4 is 11.3 Å². The molecular weight excluding hydrogens is 128 g/mol. The fourth-order valence-electron chi connectivity index (χ4n) is 0.741. The number of unbranched alkanes of at least 4 members (excludes halogenated alkanes) is 1. The van der Waals surface area contributed by atoms with Crippen molar-refractivity contribution in [2.75, 3.05) is 0 Å². The average Bonchev–Trinajstić information content (AvgIpc) is 2.34.